The van der Waals surface area contributed by atoms with Crippen LogP contribution in [0.3, 0.4) is 0 Å². The van der Waals surface area contributed by atoms with E-state index in [2.05, 4.69) is 15.4 Å². The molecule has 0 aromatic carbocycles. The molecule has 0 radical (unpaired) electrons. The van der Waals surface area contributed by atoms with E-state index >= 15 is 0 Å². The van der Waals surface area contributed by atoms with Crippen molar-refractivity contribution in [2.75, 3.05) is 12.4 Å². The quantitative estimate of drug-likeness (QED) is 0.549. The summed E-state index contributed by atoms with van der Waals surface area (Å²) in [4.78, 5) is 3.88. The maximum atomic E-state index is 3.92. The van der Waals surface area contributed by atoms with Gasteiger partial charge in [0.2, 0.25) is 5.95 Å². The molecule has 0 unspecified atom stereocenters. The van der Waals surface area contributed by atoms with Crippen molar-refractivity contribution in [3.05, 3.63) is 6.33 Å². The average Bonchev–Trinajstić information content (AvgIpc) is 2.14. The Hall–Kier alpha value is -1.06. The molecule has 1 aromatic heterocycles. The molecule has 1 N–H and O–H groups in total. The van der Waals surface area contributed by atoms with Gasteiger partial charge in [0.05, 0.1) is 0 Å². The largest absolute Gasteiger partial charge is 0.356 e. The fourth-order valence-electron chi connectivity index (χ4n) is 0.454. The Kier molecular flexibility index (Phi) is 1.15. The van der Waals surface area contributed by atoms with Gasteiger partial charge < -0.3 is 5.32 Å². The van der Waals surface area contributed by atoms with E-state index in [9.17, 15) is 0 Å². The van der Waals surface area contributed by atoms with Crippen LogP contribution in [-0.4, -0.2) is 21.8 Å². The second-order valence-electron chi connectivity index (χ2n) is 1.49. The van der Waals surface area contributed by atoms with Crippen LogP contribution < -0.4 is 5.32 Å². The third kappa shape index (κ3) is 0.776. The van der Waals surface area contributed by atoms with E-state index < -0.39 is 0 Å². The lowest BCUT2D eigenvalue weighted by atomic mass is 11.0. The fourth-order valence-corrected chi connectivity index (χ4v) is 0.454. The van der Waals surface area contributed by atoms with Crippen molar-refractivity contribution < 1.29 is 0 Å². The van der Waals surface area contributed by atoms with Crippen molar-refractivity contribution in [2.45, 2.75) is 0 Å². The first kappa shape index (κ1) is 5.08. The molecule has 4 nitrogen and oxygen atoms in total. The molecule has 0 fully saturated rings. The van der Waals surface area contributed by atoms with Gasteiger partial charge in [-0.25, -0.2) is 4.98 Å². The molecule has 1 heterocycles. The average molecular weight is 112 g/mol. The molecule has 1 aromatic rings. The van der Waals surface area contributed by atoms with Crippen LogP contribution in [0, 0.1) is 0 Å². The number of nitrogens with one attached hydrogen (secondary N) is 1. The SMILES string of the molecule is CNc1ncn(C)n1. The highest BCUT2D eigenvalue weighted by Crippen LogP contribution is 1.89. The monoisotopic (exact) mass is 112 g/mol. The molecular weight excluding hydrogens is 104 g/mol. The Labute approximate surface area is 47.5 Å². The van der Waals surface area contributed by atoms with Gasteiger partial charge in [0.1, 0.15) is 6.33 Å². The first-order valence-corrected chi connectivity index (χ1v) is 2.36. The summed E-state index contributed by atoms with van der Waals surface area (Å²) < 4.78 is 1.64. The van der Waals surface area contributed by atoms with Crippen LogP contribution in [-0.2, 0) is 7.05 Å². The van der Waals surface area contributed by atoms with E-state index in [0.29, 0.717) is 5.95 Å². The summed E-state index contributed by atoms with van der Waals surface area (Å²) in [5.41, 5.74) is 0. The zero-order valence-corrected chi connectivity index (χ0v) is 4.92. The molecule has 0 atom stereocenters. The Balaban J connectivity index is 2.84. The molecular formula is C4H8N4. The molecule has 0 spiro atoms. The van der Waals surface area contributed by atoms with Crippen molar-refractivity contribution in [1.82, 2.24) is 14.8 Å². The summed E-state index contributed by atoms with van der Waals surface area (Å²) in [6, 6.07) is 0. The number of aryl methyl sites for hydroxylation is 1. The second kappa shape index (κ2) is 1.81. The van der Waals surface area contributed by atoms with Crippen LogP contribution in [0.25, 0.3) is 0 Å². The molecule has 0 saturated heterocycles. The lowest BCUT2D eigenvalue weighted by Crippen LogP contribution is -1.92. The van der Waals surface area contributed by atoms with Crippen LogP contribution in [0.15, 0.2) is 6.33 Å². The third-order valence-corrected chi connectivity index (χ3v) is 0.823. The minimum Gasteiger partial charge on any atom is -0.356 e. The molecule has 1 rings (SSSR count). The topological polar surface area (TPSA) is 42.7 Å². The number of rotatable bonds is 1. The lowest BCUT2D eigenvalue weighted by Gasteiger charge is -1.84. The summed E-state index contributed by atoms with van der Waals surface area (Å²) in [5.74, 6) is 0.660. The lowest BCUT2D eigenvalue weighted by molar-refractivity contribution is 0.768. The van der Waals surface area contributed by atoms with Gasteiger partial charge >= 0.3 is 0 Å². The summed E-state index contributed by atoms with van der Waals surface area (Å²) in [7, 11) is 3.61. The number of nitrogens with zero attached hydrogens (tertiary/aromatic N) is 3. The highest BCUT2D eigenvalue weighted by Gasteiger charge is 1.88. The van der Waals surface area contributed by atoms with E-state index in [0.717, 1.165) is 0 Å². The standard InChI is InChI=1S/C4H8N4/c1-5-4-6-3-8(2)7-4/h3H,1-2H3,(H,5,7). The van der Waals surface area contributed by atoms with Crippen LogP contribution in [0.5, 0.6) is 0 Å². The van der Waals surface area contributed by atoms with Crippen molar-refractivity contribution in [3.8, 4) is 0 Å². The molecule has 0 aliphatic carbocycles. The van der Waals surface area contributed by atoms with Gasteiger partial charge in [-0.15, -0.1) is 5.10 Å². The Morgan fingerprint density at radius 3 is 2.75 bits per heavy atom. The van der Waals surface area contributed by atoms with E-state index in [4.69, 9.17) is 0 Å². The van der Waals surface area contributed by atoms with Crippen molar-refractivity contribution in [2.24, 2.45) is 7.05 Å². The van der Waals surface area contributed by atoms with Gasteiger partial charge in [0, 0.05) is 14.1 Å². The normalized spacial score (nSPS) is 9.25. The Bertz CT molecular complexity index is 168. The van der Waals surface area contributed by atoms with Crippen LogP contribution in [0.4, 0.5) is 5.95 Å². The maximum absolute atomic E-state index is 3.92. The minimum atomic E-state index is 0.660. The third-order valence-electron chi connectivity index (χ3n) is 0.823. The maximum Gasteiger partial charge on any atom is 0.241 e. The van der Waals surface area contributed by atoms with Crippen molar-refractivity contribution in [1.29, 1.82) is 0 Å². The summed E-state index contributed by atoms with van der Waals surface area (Å²) in [5, 5.41) is 6.73. The molecule has 0 aliphatic heterocycles. The van der Waals surface area contributed by atoms with Crippen molar-refractivity contribution >= 4 is 5.95 Å². The first-order chi connectivity index (χ1) is 3.83. The molecule has 0 saturated carbocycles. The summed E-state index contributed by atoms with van der Waals surface area (Å²) in [6.45, 7) is 0. The van der Waals surface area contributed by atoms with Gasteiger partial charge in [-0.3, -0.25) is 4.68 Å². The molecule has 44 valence electrons. The van der Waals surface area contributed by atoms with E-state index in [1.54, 1.807) is 18.1 Å². The molecule has 4 heteroatoms. The number of hydrogen-bond donors (Lipinski definition) is 1. The number of hydrogen-bond acceptors (Lipinski definition) is 3. The smallest absolute Gasteiger partial charge is 0.241 e. The van der Waals surface area contributed by atoms with E-state index in [-0.39, 0.29) is 0 Å². The predicted molar refractivity (Wildman–Crippen MR) is 30.5 cm³/mol. The van der Waals surface area contributed by atoms with E-state index in [1.807, 2.05) is 7.05 Å². The van der Waals surface area contributed by atoms with Gasteiger partial charge in [0.25, 0.3) is 0 Å². The van der Waals surface area contributed by atoms with Crippen LogP contribution in [0.2, 0.25) is 0 Å². The Morgan fingerprint density at radius 1 is 1.75 bits per heavy atom. The van der Waals surface area contributed by atoms with Crippen LogP contribution >= 0.6 is 0 Å². The van der Waals surface area contributed by atoms with Crippen LogP contribution in [0.1, 0.15) is 0 Å². The zero-order valence-electron chi connectivity index (χ0n) is 4.92. The summed E-state index contributed by atoms with van der Waals surface area (Å²) >= 11 is 0. The zero-order chi connectivity index (χ0) is 5.98. The van der Waals surface area contributed by atoms with Gasteiger partial charge in [-0.1, -0.05) is 0 Å². The first-order valence-electron chi connectivity index (χ1n) is 2.36. The highest BCUT2D eigenvalue weighted by molar-refractivity contribution is 5.18. The van der Waals surface area contributed by atoms with Crippen molar-refractivity contribution in [3.63, 3.8) is 0 Å². The van der Waals surface area contributed by atoms with E-state index in [1.165, 1.54) is 0 Å². The highest BCUT2D eigenvalue weighted by atomic mass is 15.4. The fraction of sp³-hybridized carbons (Fsp3) is 0.500. The molecule has 0 aliphatic rings. The molecule has 8 heavy (non-hydrogen) atoms. The van der Waals surface area contributed by atoms with Gasteiger partial charge in [-0.05, 0) is 0 Å². The number of aromatic nitrogens is 3. The molecule has 0 bridgehead atoms. The van der Waals surface area contributed by atoms with Gasteiger partial charge in [-0.2, -0.15) is 0 Å². The molecule has 0 amide bonds. The number of anilines is 1. The predicted octanol–water partition coefficient (Wildman–Crippen LogP) is -0.143. The Morgan fingerprint density at radius 2 is 2.50 bits per heavy atom. The summed E-state index contributed by atoms with van der Waals surface area (Å²) in [6.07, 6.45) is 1.64. The minimum absolute atomic E-state index is 0.660. The van der Waals surface area contributed by atoms with Gasteiger partial charge in [0.15, 0.2) is 0 Å². The second-order valence-corrected chi connectivity index (χ2v) is 1.49.